The van der Waals surface area contributed by atoms with Gasteiger partial charge in [0.1, 0.15) is 6.61 Å². The highest BCUT2D eigenvalue weighted by molar-refractivity contribution is 5.96. The zero-order chi connectivity index (χ0) is 21.2. The van der Waals surface area contributed by atoms with Gasteiger partial charge >= 0.3 is 11.9 Å². The summed E-state index contributed by atoms with van der Waals surface area (Å²) in [5.41, 5.74) is 2.20. The van der Waals surface area contributed by atoms with E-state index in [2.05, 4.69) is 0 Å². The third-order valence-corrected chi connectivity index (χ3v) is 4.77. The van der Waals surface area contributed by atoms with E-state index in [1.54, 1.807) is 18.2 Å². The van der Waals surface area contributed by atoms with Crippen LogP contribution >= 0.6 is 0 Å². The molecular formula is C22H24O7. The van der Waals surface area contributed by atoms with E-state index in [0.29, 0.717) is 28.4 Å². The Labute approximate surface area is 169 Å². The fourth-order valence-corrected chi connectivity index (χ4v) is 3.38. The van der Waals surface area contributed by atoms with Gasteiger partial charge in [-0.15, -0.1) is 0 Å². The predicted molar refractivity (Wildman–Crippen MR) is 106 cm³/mol. The van der Waals surface area contributed by atoms with E-state index in [-0.39, 0.29) is 25.6 Å². The minimum atomic E-state index is -0.895. The lowest BCUT2D eigenvalue weighted by Crippen LogP contribution is -2.25. The molecule has 154 valence electrons. The third-order valence-electron chi connectivity index (χ3n) is 4.77. The topological polar surface area (TPSA) is 91.3 Å². The van der Waals surface area contributed by atoms with Crippen LogP contribution in [0.15, 0.2) is 30.3 Å². The van der Waals surface area contributed by atoms with Crippen LogP contribution < -0.4 is 14.2 Å². The highest BCUT2D eigenvalue weighted by atomic mass is 16.5. The first-order valence-electron chi connectivity index (χ1n) is 9.16. The Morgan fingerprint density at radius 1 is 1.07 bits per heavy atom. The molecule has 0 saturated heterocycles. The van der Waals surface area contributed by atoms with Gasteiger partial charge in [-0.25, -0.2) is 4.79 Å². The molecular weight excluding hydrogens is 376 g/mol. The van der Waals surface area contributed by atoms with E-state index in [9.17, 15) is 9.59 Å². The Morgan fingerprint density at radius 2 is 1.79 bits per heavy atom. The van der Waals surface area contributed by atoms with E-state index < -0.39 is 11.4 Å². The molecule has 2 aromatic rings. The fraction of sp³-hybridized carbons (Fsp3) is 0.364. The van der Waals surface area contributed by atoms with Crippen LogP contribution in [0.3, 0.4) is 0 Å². The summed E-state index contributed by atoms with van der Waals surface area (Å²) in [6.45, 7) is 3.98. The molecule has 0 aromatic heterocycles. The molecule has 0 saturated carbocycles. The van der Waals surface area contributed by atoms with Gasteiger partial charge in [0.05, 0.1) is 32.8 Å². The van der Waals surface area contributed by atoms with Crippen LogP contribution in [0.25, 0.3) is 11.1 Å². The highest BCUT2D eigenvalue weighted by Crippen LogP contribution is 2.47. The maximum atomic E-state index is 12.0. The van der Waals surface area contributed by atoms with Crippen molar-refractivity contribution >= 4 is 11.9 Å². The first-order valence-corrected chi connectivity index (χ1v) is 9.16. The Hall–Kier alpha value is -3.22. The number of carbonyl (C=O) groups excluding carboxylic acids is 1. The molecule has 7 heteroatoms. The number of rotatable bonds is 8. The Kier molecular flexibility index (Phi) is 5.68. The molecule has 0 amide bonds. The lowest BCUT2D eigenvalue weighted by Gasteiger charge is -2.25. The predicted octanol–water partition coefficient (Wildman–Crippen LogP) is 3.92. The van der Waals surface area contributed by atoms with Crippen molar-refractivity contribution in [1.29, 1.82) is 0 Å². The first-order chi connectivity index (χ1) is 13.8. The number of hydrogen-bond acceptors (Lipinski definition) is 6. The van der Waals surface area contributed by atoms with E-state index in [1.165, 1.54) is 14.2 Å². The lowest BCUT2D eigenvalue weighted by atomic mass is 9.90. The van der Waals surface area contributed by atoms with Crippen molar-refractivity contribution in [1.82, 2.24) is 0 Å². The molecule has 1 aliphatic heterocycles. The van der Waals surface area contributed by atoms with Crippen LogP contribution in [-0.2, 0) is 16.1 Å². The van der Waals surface area contributed by atoms with Crippen LogP contribution in [0.4, 0.5) is 0 Å². The van der Waals surface area contributed by atoms with E-state index in [0.717, 1.165) is 11.1 Å². The van der Waals surface area contributed by atoms with Gasteiger partial charge in [0, 0.05) is 16.5 Å². The van der Waals surface area contributed by atoms with Crippen LogP contribution in [0.1, 0.15) is 36.2 Å². The molecule has 0 fully saturated rings. The van der Waals surface area contributed by atoms with E-state index >= 15 is 0 Å². The van der Waals surface area contributed by atoms with Crippen molar-refractivity contribution in [2.24, 2.45) is 5.41 Å². The van der Waals surface area contributed by atoms with Crippen LogP contribution in [-0.4, -0.2) is 37.9 Å². The maximum Gasteiger partial charge on any atom is 0.338 e. The Morgan fingerprint density at radius 3 is 2.45 bits per heavy atom. The summed E-state index contributed by atoms with van der Waals surface area (Å²) < 4.78 is 22.2. The number of carbonyl (C=O) groups is 2. The Bertz CT molecular complexity index is 946. The van der Waals surface area contributed by atoms with Crippen molar-refractivity contribution < 1.29 is 33.6 Å². The van der Waals surface area contributed by atoms with Gasteiger partial charge in [0.2, 0.25) is 5.75 Å². The second-order valence-corrected chi connectivity index (χ2v) is 7.61. The quantitative estimate of drug-likeness (QED) is 0.672. The summed E-state index contributed by atoms with van der Waals surface area (Å²) in [7, 11) is 3.04. The van der Waals surface area contributed by atoms with Crippen molar-refractivity contribution in [3.8, 4) is 28.4 Å². The van der Waals surface area contributed by atoms with E-state index in [4.69, 9.17) is 24.1 Å². The minimum absolute atomic E-state index is 0.0440. The number of fused-ring (bicyclic) bond motifs is 1. The number of carboxylic acids is 1. The number of methoxy groups -OCH3 is 2. The molecule has 7 nitrogen and oxygen atoms in total. The molecule has 2 aromatic carbocycles. The monoisotopic (exact) mass is 400 g/mol. The number of cyclic esters (lactones) is 1. The summed E-state index contributed by atoms with van der Waals surface area (Å²) in [4.78, 5) is 23.1. The number of hydrogen-bond donors (Lipinski definition) is 1. The fourth-order valence-electron chi connectivity index (χ4n) is 3.38. The molecule has 0 bridgehead atoms. The maximum absolute atomic E-state index is 12.0. The van der Waals surface area contributed by atoms with Crippen LogP contribution in [0, 0.1) is 5.41 Å². The Balaban J connectivity index is 2.09. The molecule has 1 aliphatic rings. The second kappa shape index (κ2) is 8.03. The average molecular weight is 400 g/mol. The number of ether oxygens (including phenoxy) is 4. The summed E-state index contributed by atoms with van der Waals surface area (Å²) in [5.74, 6) is 0.0691. The molecule has 1 heterocycles. The SMILES string of the molecule is COc1ccc(-c2cccc3c2COC3=O)c(OCC(C)(C)CC(=O)O)c1OC. The van der Waals surface area contributed by atoms with Crippen molar-refractivity contribution in [2.45, 2.75) is 26.9 Å². The van der Waals surface area contributed by atoms with Gasteiger partial charge in [-0.05, 0) is 23.8 Å². The molecule has 0 radical (unpaired) electrons. The highest BCUT2D eigenvalue weighted by Gasteiger charge is 2.29. The smallest absolute Gasteiger partial charge is 0.338 e. The van der Waals surface area contributed by atoms with Gasteiger partial charge in [-0.3, -0.25) is 4.79 Å². The van der Waals surface area contributed by atoms with Crippen molar-refractivity contribution in [3.63, 3.8) is 0 Å². The molecule has 0 aliphatic carbocycles. The first kappa shape index (κ1) is 20.5. The van der Waals surface area contributed by atoms with Gasteiger partial charge < -0.3 is 24.1 Å². The zero-order valence-corrected chi connectivity index (χ0v) is 16.9. The number of carboxylic acid groups (broad SMARTS) is 1. The summed E-state index contributed by atoms with van der Waals surface area (Å²) >= 11 is 0. The molecule has 0 atom stereocenters. The number of esters is 1. The number of benzene rings is 2. The summed E-state index contributed by atoms with van der Waals surface area (Å²) in [5, 5.41) is 9.15. The standard InChI is InChI=1S/C22H24O7/c1-22(2,10-18(23)24)12-29-19-14(8-9-17(26-3)20(19)27-4)13-6-5-7-15-16(13)11-28-21(15)25/h5-9H,10-12H2,1-4H3,(H,23,24). The van der Waals surface area contributed by atoms with Gasteiger partial charge in [-0.2, -0.15) is 0 Å². The van der Waals surface area contributed by atoms with E-state index in [1.807, 2.05) is 26.0 Å². The molecule has 3 rings (SSSR count). The average Bonchev–Trinajstić information content (AvgIpc) is 3.05. The van der Waals surface area contributed by atoms with Crippen molar-refractivity contribution in [2.75, 3.05) is 20.8 Å². The van der Waals surface area contributed by atoms with Crippen LogP contribution in [0.2, 0.25) is 0 Å². The molecule has 1 N–H and O–H groups in total. The van der Waals surface area contributed by atoms with Crippen molar-refractivity contribution in [3.05, 3.63) is 41.5 Å². The second-order valence-electron chi connectivity index (χ2n) is 7.61. The summed E-state index contributed by atoms with van der Waals surface area (Å²) in [6.07, 6.45) is -0.0440. The van der Waals surface area contributed by atoms with Gasteiger partial charge in [0.25, 0.3) is 0 Å². The number of aliphatic carboxylic acids is 1. The summed E-state index contributed by atoms with van der Waals surface area (Å²) in [6, 6.07) is 9.00. The third kappa shape index (κ3) is 4.13. The molecule has 0 unspecified atom stereocenters. The molecule has 0 spiro atoms. The molecule has 29 heavy (non-hydrogen) atoms. The lowest BCUT2D eigenvalue weighted by molar-refractivity contribution is -0.139. The normalized spacial score (nSPS) is 12.9. The van der Waals surface area contributed by atoms with Gasteiger partial charge in [0.15, 0.2) is 11.5 Å². The zero-order valence-electron chi connectivity index (χ0n) is 16.9. The van der Waals surface area contributed by atoms with Crippen LogP contribution in [0.5, 0.6) is 17.2 Å². The minimum Gasteiger partial charge on any atom is -0.493 e. The van der Waals surface area contributed by atoms with Gasteiger partial charge in [-0.1, -0.05) is 26.0 Å². The largest absolute Gasteiger partial charge is 0.493 e.